The molecule has 2 aromatic heterocycles. The topological polar surface area (TPSA) is 47.9 Å². The number of hydrogen-bond donors (Lipinski definition) is 0. The minimum absolute atomic E-state index is 0.0813. The summed E-state index contributed by atoms with van der Waals surface area (Å²) < 4.78 is 5.70. The standard InChI is InChI=1S/C13H7Cl2N3O/c14-9-7-17-13(15)18-12(9)19-11-5-1-4-10-8(11)3-2-6-16-10/h1-7H. The van der Waals surface area contributed by atoms with Gasteiger partial charge >= 0.3 is 0 Å². The Kier molecular flexibility index (Phi) is 3.19. The second-order valence-corrected chi connectivity index (χ2v) is 4.47. The molecule has 0 unspecified atom stereocenters. The third kappa shape index (κ3) is 2.45. The maximum Gasteiger partial charge on any atom is 0.242 e. The van der Waals surface area contributed by atoms with Crippen molar-refractivity contribution in [3.63, 3.8) is 0 Å². The maximum atomic E-state index is 5.97. The zero-order chi connectivity index (χ0) is 13.2. The van der Waals surface area contributed by atoms with E-state index in [1.807, 2.05) is 30.3 Å². The first-order chi connectivity index (χ1) is 9.24. The van der Waals surface area contributed by atoms with Crippen molar-refractivity contribution in [3.8, 4) is 11.6 Å². The highest BCUT2D eigenvalue weighted by atomic mass is 35.5. The molecule has 0 bridgehead atoms. The Hall–Kier alpha value is -1.91. The number of aromatic nitrogens is 3. The van der Waals surface area contributed by atoms with Crippen LogP contribution >= 0.6 is 23.2 Å². The molecule has 0 aliphatic heterocycles. The number of halogens is 2. The maximum absolute atomic E-state index is 5.97. The van der Waals surface area contributed by atoms with Crippen LogP contribution in [0, 0.1) is 0 Å². The lowest BCUT2D eigenvalue weighted by molar-refractivity contribution is 0.467. The van der Waals surface area contributed by atoms with Gasteiger partial charge in [-0.25, -0.2) is 4.98 Å². The van der Waals surface area contributed by atoms with E-state index in [-0.39, 0.29) is 11.2 Å². The fourth-order valence-electron chi connectivity index (χ4n) is 1.67. The SMILES string of the molecule is Clc1ncc(Cl)c(Oc2cccc3ncccc23)n1. The summed E-state index contributed by atoms with van der Waals surface area (Å²) >= 11 is 11.7. The molecule has 0 spiro atoms. The Labute approximate surface area is 119 Å². The summed E-state index contributed by atoms with van der Waals surface area (Å²) in [5.41, 5.74) is 0.830. The molecule has 0 radical (unpaired) electrons. The van der Waals surface area contributed by atoms with Crippen molar-refractivity contribution in [2.75, 3.05) is 0 Å². The van der Waals surface area contributed by atoms with Crippen LogP contribution in [0.15, 0.2) is 42.7 Å². The highest BCUT2D eigenvalue weighted by Crippen LogP contribution is 2.31. The van der Waals surface area contributed by atoms with Crippen LogP contribution in [-0.2, 0) is 0 Å². The lowest BCUT2D eigenvalue weighted by atomic mass is 10.2. The van der Waals surface area contributed by atoms with Crippen LogP contribution in [0.1, 0.15) is 0 Å². The van der Waals surface area contributed by atoms with Crippen LogP contribution in [0.4, 0.5) is 0 Å². The second kappa shape index (κ2) is 4.99. The summed E-state index contributed by atoms with van der Waals surface area (Å²) in [7, 11) is 0. The van der Waals surface area contributed by atoms with Gasteiger partial charge in [-0.05, 0) is 35.9 Å². The van der Waals surface area contributed by atoms with Gasteiger partial charge in [-0.3, -0.25) is 4.98 Å². The third-order valence-electron chi connectivity index (χ3n) is 2.49. The average molecular weight is 292 g/mol. The highest BCUT2D eigenvalue weighted by Gasteiger charge is 2.09. The van der Waals surface area contributed by atoms with Gasteiger partial charge in [0.1, 0.15) is 10.8 Å². The predicted molar refractivity (Wildman–Crippen MR) is 73.9 cm³/mol. The van der Waals surface area contributed by atoms with Crippen LogP contribution in [0.25, 0.3) is 10.9 Å². The van der Waals surface area contributed by atoms with Gasteiger partial charge in [0.15, 0.2) is 0 Å². The molecule has 0 amide bonds. The number of pyridine rings is 1. The van der Waals surface area contributed by atoms with Gasteiger partial charge in [-0.15, -0.1) is 0 Å². The fourth-order valence-corrected chi connectivity index (χ4v) is 1.93. The molecule has 4 nitrogen and oxygen atoms in total. The molecule has 94 valence electrons. The Morgan fingerprint density at radius 1 is 1.00 bits per heavy atom. The van der Waals surface area contributed by atoms with Gasteiger partial charge in [0.05, 0.1) is 11.7 Å². The molecule has 2 heterocycles. The van der Waals surface area contributed by atoms with Gasteiger partial charge in [-0.2, -0.15) is 4.98 Å². The Morgan fingerprint density at radius 2 is 1.89 bits per heavy atom. The van der Waals surface area contributed by atoms with E-state index in [1.165, 1.54) is 6.20 Å². The van der Waals surface area contributed by atoms with Gasteiger partial charge in [0.2, 0.25) is 11.2 Å². The molecule has 0 saturated carbocycles. The summed E-state index contributed by atoms with van der Waals surface area (Å²) in [5, 5.41) is 1.25. The summed E-state index contributed by atoms with van der Waals surface area (Å²) in [5.74, 6) is 0.834. The van der Waals surface area contributed by atoms with Gasteiger partial charge < -0.3 is 4.74 Å². The van der Waals surface area contributed by atoms with Gasteiger partial charge in [0, 0.05) is 11.6 Å². The van der Waals surface area contributed by atoms with E-state index in [9.17, 15) is 0 Å². The second-order valence-electron chi connectivity index (χ2n) is 3.72. The number of ether oxygens (including phenoxy) is 1. The fraction of sp³-hybridized carbons (Fsp3) is 0. The smallest absolute Gasteiger partial charge is 0.242 e. The predicted octanol–water partition coefficient (Wildman–Crippen LogP) is 4.12. The van der Waals surface area contributed by atoms with Crippen molar-refractivity contribution in [1.29, 1.82) is 0 Å². The van der Waals surface area contributed by atoms with Crippen molar-refractivity contribution in [3.05, 3.63) is 53.0 Å². The Bertz CT molecular complexity index is 744. The van der Waals surface area contributed by atoms with Crippen molar-refractivity contribution < 1.29 is 4.74 Å². The van der Waals surface area contributed by atoms with E-state index in [0.29, 0.717) is 10.8 Å². The third-order valence-corrected chi connectivity index (χ3v) is 2.94. The first-order valence-corrected chi connectivity index (χ1v) is 6.19. The summed E-state index contributed by atoms with van der Waals surface area (Å²) in [4.78, 5) is 12.0. The number of fused-ring (bicyclic) bond motifs is 1. The molecular weight excluding hydrogens is 285 g/mol. The molecular formula is C13H7Cl2N3O. The number of nitrogens with zero attached hydrogens (tertiary/aromatic N) is 3. The van der Waals surface area contributed by atoms with Gasteiger partial charge in [0.25, 0.3) is 0 Å². The molecule has 0 aliphatic carbocycles. The zero-order valence-electron chi connectivity index (χ0n) is 9.55. The molecule has 0 aliphatic rings. The highest BCUT2D eigenvalue weighted by molar-refractivity contribution is 6.32. The lowest BCUT2D eigenvalue weighted by Crippen LogP contribution is -1.92. The van der Waals surface area contributed by atoms with Crippen LogP contribution in [0.2, 0.25) is 10.3 Å². The normalized spacial score (nSPS) is 10.6. The first kappa shape index (κ1) is 12.1. The van der Waals surface area contributed by atoms with Crippen LogP contribution in [0.3, 0.4) is 0 Å². The summed E-state index contributed by atoms with van der Waals surface area (Å²) in [6, 6.07) is 9.31. The Morgan fingerprint density at radius 3 is 2.79 bits per heavy atom. The van der Waals surface area contributed by atoms with Crippen LogP contribution in [-0.4, -0.2) is 15.0 Å². The van der Waals surface area contributed by atoms with Crippen molar-refractivity contribution in [1.82, 2.24) is 15.0 Å². The largest absolute Gasteiger partial charge is 0.437 e. The number of benzene rings is 1. The summed E-state index contributed by atoms with van der Waals surface area (Å²) in [6.07, 6.45) is 3.12. The lowest BCUT2D eigenvalue weighted by Gasteiger charge is -2.08. The van der Waals surface area contributed by atoms with Crippen molar-refractivity contribution in [2.45, 2.75) is 0 Å². The van der Waals surface area contributed by atoms with E-state index >= 15 is 0 Å². The van der Waals surface area contributed by atoms with Crippen molar-refractivity contribution >= 4 is 34.1 Å². The Balaban J connectivity index is 2.08. The molecule has 1 aromatic carbocycles. The molecule has 0 fully saturated rings. The summed E-state index contributed by atoms with van der Waals surface area (Å²) in [6.45, 7) is 0. The molecule has 3 aromatic rings. The van der Waals surface area contributed by atoms with E-state index in [4.69, 9.17) is 27.9 Å². The zero-order valence-corrected chi connectivity index (χ0v) is 11.1. The molecule has 0 N–H and O–H groups in total. The van der Waals surface area contributed by atoms with E-state index in [2.05, 4.69) is 15.0 Å². The molecule has 0 saturated heterocycles. The molecule has 6 heteroatoms. The first-order valence-electron chi connectivity index (χ1n) is 5.44. The van der Waals surface area contributed by atoms with E-state index < -0.39 is 0 Å². The number of rotatable bonds is 2. The number of hydrogen-bond acceptors (Lipinski definition) is 4. The van der Waals surface area contributed by atoms with Crippen LogP contribution in [0.5, 0.6) is 11.6 Å². The molecule has 19 heavy (non-hydrogen) atoms. The molecule has 0 atom stereocenters. The average Bonchev–Trinajstić information content (AvgIpc) is 2.43. The van der Waals surface area contributed by atoms with E-state index in [0.717, 1.165) is 10.9 Å². The van der Waals surface area contributed by atoms with Crippen molar-refractivity contribution in [2.24, 2.45) is 0 Å². The minimum Gasteiger partial charge on any atom is -0.437 e. The monoisotopic (exact) mass is 291 g/mol. The van der Waals surface area contributed by atoms with Gasteiger partial charge in [-0.1, -0.05) is 17.7 Å². The van der Waals surface area contributed by atoms with E-state index in [1.54, 1.807) is 6.20 Å². The molecule has 3 rings (SSSR count). The minimum atomic E-state index is 0.0813. The quantitative estimate of drug-likeness (QED) is 0.666. The van der Waals surface area contributed by atoms with Crippen LogP contribution < -0.4 is 4.74 Å².